The molecule has 1 unspecified atom stereocenters. The molecular formula is C18H18O5. The second kappa shape index (κ2) is 5.50. The molecule has 5 heteroatoms. The van der Waals surface area contributed by atoms with Crippen molar-refractivity contribution in [1.82, 2.24) is 0 Å². The highest BCUT2D eigenvalue weighted by Gasteiger charge is 2.40. The maximum Gasteiger partial charge on any atom is 0.165 e. The zero-order valence-electron chi connectivity index (χ0n) is 13.3. The molecule has 120 valence electrons. The smallest absolute Gasteiger partial charge is 0.165 e. The number of phenols is 1. The van der Waals surface area contributed by atoms with Gasteiger partial charge in [-0.2, -0.15) is 0 Å². The molecule has 3 rings (SSSR count). The summed E-state index contributed by atoms with van der Waals surface area (Å²) in [7, 11) is 3.06. The summed E-state index contributed by atoms with van der Waals surface area (Å²) in [6.07, 6.45) is 0.791. The predicted molar refractivity (Wildman–Crippen MR) is 85.0 cm³/mol. The largest absolute Gasteiger partial charge is 0.504 e. The van der Waals surface area contributed by atoms with Gasteiger partial charge in [0.2, 0.25) is 0 Å². The maximum absolute atomic E-state index is 11.2. The Bertz CT molecular complexity index is 768. The lowest BCUT2D eigenvalue weighted by Gasteiger charge is -2.24. The van der Waals surface area contributed by atoms with Gasteiger partial charge in [-0.3, -0.25) is 4.79 Å². The number of hydrogen-bond donors (Lipinski definition) is 1. The van der Waals surface area contributed by atoms with Crippen LogP contribution in [0.5, 0.6) is 23.0 Å². The lowest BCUT2D eigenvalue weighted by Crippen LogP contribution is -2.25. The van der Waals surface area contributed by atoms with Crippen LogP contribution in [0.15, 0.2) is 30.3 Å². The van der Waals surface area contributed by atoms with Crippen molar-refractivity contribution in [3.05, 3.63) is 47.0 Å². The molecule has 1 atom stereocenters. The van der Waals surface area contributed by atoms with E-state index >= 15 is 0 Å². The van der Waals surface area contributed by atoms with Crippen LogP contribution in [0.1, 0.15) is 28.4 Å². The highest BCUT2D eigenvalue weighted by molar-refractivity contribution is 5.78. The molecule has 0 radical (unpaired) electrons. The van der Waals surface area contributed by atoms with Gasteiger partial charge in [0, 0.05) is 11.1 Å². The van der Waals surface area contributed by atoms with E-state index in [4.69, 9.17) is 14.2 Å². The van der Waals surface area contributed by atoms with Crippen LogP contribution in [0.2, 0.25) is 0 Å². The van der Waals surface area contributed by atoms with E-state index in [1.54, 1.807) is 25.3 Å². The Kier molecular flexibility index (Phi) is 3.64. The lowest BCUT2D eigenvalue weighted by molar-refractivity contribution is 0.112. The van der Waals surface area contributed by atoms with Gasteiger partial charge in [0.05, 0.1) is 19.6 Å². The SMILES string of the molecule is COc1cc(C2(C)COc3c(OC)cc(C=O)cc32)ccc1O. The summed E-state index contributed by atoms with van der Waals surface area (Å²) >= 11 is 0. The summed E-state index contributed by atoms with van der Waals surface area (Å²) in [6.45, 7) is 2.44. The highest BCUT2D eigenvalue weighted by atomic mass is 16.5. The standard InChI is InChI=1S/C18H18O5/c1-18(12-4-5-14(20)15(8-12)21-2)10-23-17-13(18)6-11(9-19)7-16(17)22-3/h4-9,20H,10H2,1-3H3. The van der Waals surface area contributed by atoms with E-state index in [1.807, 2.05) is 19.1 Å². The summed E-state index contributed by atoms with van der Waals surface area (Å²) in [5.74, 6) is 1.67. The van der Waals surface area contributed by atoms with E-state index in [9.17, 15) is 9.90 Å². The summed E-state index contributed by atoms with van der Waals surface area (Å²) < 4.78 is 16.4. The molecule has 1 aliphatic rings. The van der Waals surface area contributed by atoms with Crippen LogP contribution in [0, 0.1) is 0 Å². The zero-order chi connectivity index (χ0) is 16.6. The van der Waals surface area contributed by atoms with Crippen molar-refractivity contribution < 1.29 is 24.1 Å². The van der Waals surface area contributed by atoms with Gasteiger partial charge < -0.3 is 19.3 Å². The van der Waals surface area contributed by atoms with Crippen molar-refractivity contribution in [3.8, 4) is 23.0 Å². The van der Waals surface area contributed by atoms with Crippen molar-refractivity contribution in [1.29, 1.82) is 0 Å². The number of aromatic hydroxyl groups is 1. The van der Waals surface area contributed by atoms with Crippen molar-refractivity contribution in [2.24, 2.45) is 0 Å². The monoisotopic (exact) mass is 314 g/mol. The third-order valence-corrected chi connectivity index (χ3v) is 4.35. The van der Waals surface area contributed by atoms with Gasteiger partial charge in [-0.25, -0.2) is 0 Å². The molecule has 0 fully saturated rings. The predicted octanol–water partition coefficient (Wildman–Crippen LogP) is 2.92. The third kappa shape index (κ3) is 2.29. The van der Waals surface area contributed by atoms with E-state index in [0.29, 0.717) is 29.4 Å². The van der Waals surface area contributed by atoms with Crippen LogP contribution >= 0.6 is 0 Å². The number of hydrogen-bond acceptors (Lipinski definition) is 5. The number of carbonyl (C=O) groups excluding carboxylic acids is 1. The molecule has 5 nitrogen and oxygen atoms in total. The van der Waals surface area contributed by atoms with Crippen LogP contribution < -0.4 is 14.2 Å². The Labute approximate surface area is 134 Å². The Hall–Kier alpha value is -2.69. The molecule has 0 aliphatic carbocycles. The van der Waals surface area contributed by atoms with E-state index < -0.39 is 5.41 Å². The zero-order valence-corrected chi connectivity index (χ0v) is 13.3. The van der Waals surface area contributed by atoms with Crippen molar-refractivity contribution >= 4 is 6.29 Å². The number of ether oxygens (including phenoxy) is 3. The minimum absolute atomic E-state index is 0.0817. The lowest BCUT2D eigenvalue weighted by atomic mass is 9.77. The fourth-order valence-electron chi connectivity index (χ4n) is 2.96. The first-order chi connectivity index (χ1) is 11.0. The number of fused-ring (bicyclic) bond motifs is 1. The van der Waals surface area contributed by atoms with Crippen LogP contribution in [-0.4, -0.2) is 32.2 Å². The number of carbonyl (C=O) groups is 1. The van der Waals surface area contributed by atoms with Crippen LogP contribution in [0.25, 0.3) is 0 Å². The molecular weight excluding hydrogens is 296 g/mol. The average Bonchev–Trinajstić information content (AvgIpc) is 2.92. The Morgan fingerprint density at radius 2 is 1.91 bits per heavy atom. The first-order valence-electron chi connectivity index (χ1n) is 7.21. The number of methoxy groups -OCH3 is 2. The molecule has 0 spiro atoms. The molecule has 0 bridgehead atoms. The van der Waals surface area contributed by atoms with Gasteiger partial charge in [-0.05, 0) is 36.8 Å². The molecule has 1 heterocycles. The minimum atomic E-state index is -0.470. The number of rotatable bonds is 4. The van der Waals surface area contributed by atoms with E-state index in [-0.39, 0.29) is 5.75 Å². The molecule has 1 N–H and O–H groups in total. The van der Waals surface area contributed by atoms with E-state index in [0.717, 1.165) is 17.4 Å². The number of benzene rings is 2. The molecule has 2 aromatic rings. The second-order valence-corrected chi connectivity index (χ2v) is 5.73. The third-order valence-electron chi connectivity index (χ3n) is 4.35. The van der Waals surface area contributed by atoms with Crippen LogP contribution in [0.4, 0.5) is 0 Å². The average molecular weight is 314 g/mol. The topological polar surface area (TPSA) is 65.0 Å². The molecule has 23 heavy (non-hydrogen) atoms. The molecule has 0 saturated carbocycles. The molecule has 0 amide bonds. The van der Waals surface area contributed by atoms with Crippen LogP contribution in [0.3, 0.4) is 0 Å². The Morgan fingerprint density at radius 3 is 2.57 bits per heavy atom. The van der Waals surface area contributed by atoms with Crippen molar-refractivity contribution in [2.75, 3.05) is 20.8 Å². The quantitative estimate of drug-likeness (QED) is 0.879. The second-order valence-electron chi connectivity index (χ2n) is 5.73. The summed E-state index contributed by atoms with van der Waals surface area (Å²) in [5, 5.41) is 9.80. The Morgan fingerprint density at radius 1 is 1.17 bits per heavy atom. The molecule has 0 saturated heterocycles. The number of phenolic OH excluding ortho intramolecular Hbond substituents is 1. The van der Waals surface area contributed by atoms with Gasteiger partial charge in [-0.15, -0.1) is 0 Å². The molecule has 0 aromatic heterocycles. The number of aldehydes is 1. The maximum atomic E-state index is 11.2. The van der Waals surface area contributed by atoms with Crippen LogP contribution in [-0.2, 0) is 5.41 Å². The van der Waals surface area contributed by atoms with Crippen molar-refractivity contribution in [3.63, 3.8) is 0 Å². The Balaban J connectivity index is 2.18. The van der Waals surface area contributed by atoms with Crippen molar-refractivity contribution in [2.45, 2.75) is 12.3 Å². The summed E-state index contributed by atoms with van der Waals surface area (Å²) in [5.41, 5.74) is 1.87. The molecule has 1 aliphatic heterocycles. The van der Waals surface area contributed by atoms with Gasteiger partial charge in [0.15, 0.2) is 23.0 Å². The van der Waals surface area contributed by atoms with E-state index in [1.165, 1.54) is 7.11 Å². The normalized spacial score (nSPS) is 18.9. The highest BCUT2D eigenvalue weighted by Crippen LogP contribution is 2.49. The molecule has 2 aromatic carbocycles. The minimum Gasteiger partial charge on any atom is -0.504 e. The van der Waals surface area contributed by atoms with Gasteiger partial charge >= 0.3 is 0 Å². The first-order valence-corrected chi connectivity index (χ1v) is 7.21. The summed E-state index contributed by atoms with van der Waals surface area (Å²) in [6, 6.07) is 8.69. The summed E-state index contributed by atoms with van der Waals surface area (Å²) in [4.78, 5) is 11.2. The first kappa shape index (κ1) is 15.2. The fraction of sp³-hybridized carbons (Fsp3) is 0.278. The fourth-order valence-corrected chi connectivity index (χ4v) is 2.96. The van der Waals surface area contributed by atoms with Gasteiger partial charge in [0.1, 0.15) is 12.9 Å². The van der Waals surface area contributed by atoms with E-state index in [2.05, 4.69) is 0 Å². The van der Waals surface area contributed by atoms with Gasteiger partial charge in [-0.1, -0.05) is 6.07 Å². The van der Waals surface area contributed by atoms with Gasteiger partial charge in [0.25, 0.3) is 0 Å².